The first-order chi connectivity index (χ1) is 15.9. The lowest BCUT2D eigenvalue weighted by atomic mass is 9.86. The normalized spacial score (nSPS) is 18.0. The predicted molar refractivity (Wildman–Crippen MR) is 120 cm³/mol. The third-order valence-electron chi connectivity index (χ3n) is 6.99. The fourth-order valence-corrected chi connectivity index (χ4v) is 5.46. The second-order valence-electron chi connectivity index (χ2n) is 8.93. The van der Waals surface area contributed by atoms with E-state index >= 15 is 0 Å². The molecule has 1 atom stereocenters. The van der Waals surface area contributed by atoms with Gasteiger partial charge in [0.25, 0.3) is 12.3 Å². The lowest BCUT2D eigenvalue weighted by Gasteiger charge is -2.40. The van der Waals surface area contributed by atoms with E-state index < -0.39 is 13.0 Å². The van der Waals surface area contributed by atoms with Crippen molar-refractivity contribution in [2.24, 2.45) is 0 Å². The van der Waals surface area contributed by atoms with E-state index in [1.54, 1.807) is 12.3 Å². The van der Waals surface area contributed by atoms with Gasteiger partial charge < -0.3 is 15.2 Å². The molecule has 33 heavy (non-hydrogen) atoms. The van der Waals surface area contributed by atoms with Crippen LogP contribution in [0.15, 0.2) is 30.5 Å². The zero-order valence-corrected chi connectivity index (χ0v) is 19.1. The smallest absolute Gasteiger partial charge is 0.272 e. The number of carbonyl (C=O) groups excluding carboxylic acids is 1. The van der Waals surface area contributed by atoms with E-state index in [1.165, 1.54) is 5.56 Å². The van der Waals surface area contributed by atoms with Gasteiger partial charge in [-0.1, -0.05) is 25.0 Å². The van der Waals surface area contributed by atoms with Crippen molar-refractivity contribution in [3.63, 3.8) is 0 Å². The number of nitrogens with zero attached hydrogens (tertiary/aromatic N) is 2. The van der Waals surface area contributed by atoms with Crippen molar-refractivity contribution >= 4 is 5.91 Å². The molecule has 2 aliphatic rings. The van der Waals surface area contributed by atoms with E-state index in [4.69, 9.17) is 9.84 Å². The molecule has 6 nitrogen and oxygen atoms in total. The monoisotopic (exact) mass is 459 g/mol. The van der Waals surface area contributed by atoms with E-state index in [0.29, 0.717) is 18.0 Å². The molecule has 2 aromatic rings. The summed E-state index contributed by atoms with van der Waals surface area (Å²) in [7, 11) is 0. The van der Waals surface area contributed by atoms with Crippen molar-refractivity contribution in [2.45, 2.75) is 64.1 Å². The molecular formula is C25H31F2N3O3. The summed E-state index contributed by atoms with van der Waals surface area (Å²) in [4.78, 5) is 19.6. The number of fused-ring (bicyclic) bond motifs is 2. The summed E-state index contributed by atoms with van der Waals surface area (Å²) in [5.41, 5.74) is 4.30. The maximum atomic E-state index is 12.7. The Balaban J connectivity index is 1.65. The lowest BCUT2D eigenvalue weighted by Crippen LogP contribution is -2.40. The van der Waals surface area contributed by atoms with Gasteiger partial charge in [-0.2, -0.15) is 0 Å². The average molecular weight is 460 g/mol. The molecule has 1 amide bonds. The number of hydrogen-bond acceptors (Lipinski definition) is 5. The molecule has 1 aliphatic heterocycles. The molecule has 4 rings (SSSR count). The van der Waals surface area contributed by atoms with Crippen LogP contribution in [0, 0.1) is 6.92 Å². The fraction of sp³-hybridized carbons (Fsp3) is 0.520. The summed E-state index contributed by atoms with van der Waals surface area (Å²) in [6.07, 6.45) is 3.47. The number of carbonyl (C=O) groups is 1. The van der Waals surface area contributed by atoms with Crippen LogP contribution in [-0.4, -0.2) is 47.1 Å². The molecule has 0 saturated heterocycles. The van der Waals surface area contributed by atoms with Gasteiger partial charge in [-0.05, 0) is 55.5 Å². The minimum atomic E-state index is -2.51. The summed E-state index contributed by atoms with van der Waals surface area (Å²) in [5.74, 6) is 0.207. The highest BCUT2D eigenvalue weighted by Gasteiger charge is 2.50. The standard InChI is InChI=1S/C25H31F2N3O3/c1-16-13-18(5-6-21(16)33-15-22(26)27)17(2)30-14-19-20(25(30)8-3-4-9-25)7-10-28-23(19)24(32)29-11-12-31/h5-7,10,13,17,22,31H,3-4,8-9,11-12,14-15H2,1-2H3,(H,29,32). The van der Waals surface area contributed by atoms with Crippen molar-refractivity contribution < 1.29 is 23.4 Å². The number of pyridine rings is 1. The highest BCUT2D eigenvalue weighted by molar-refractivity contribution is 5.94. The van der Waals surface area contributed by atoms with Crippen molar-refractivity contribution in [1.29, 1.82) is 0 Å². The van der Waals surface area contributed by atoms with E-state index in [2.05, 4.69) is 22.1 Å². The van der Waals surface area contributed by atoms with E-state index in [0.717, 1.165) is 42.4 Å². The second-order valence-corrected chi connectivity index (χ2v) is 8.93. The molecule has 1 aromatic carbocycles. The van der Waals surface area contributed by atoms with Gasteiger partial charge in [0.05, 0.1) is 6.61 Å². The zero-order valence-electron chi connectivity index (χ0n) is 19.1. The zero-order chi connectivity index (χ0) is 23.6. The summed E-state index contributed by atoms with van der Waals surface area (Å²) < 4.78 is 30.3. The number of aliphatic hydroxyl groups excluding tert-OH is 1. The molecule has 1 aromatic heterocycles. The Morgan fingerprint density at radius 3 is 2.73 bits per heavy atom. The van der Waals surface area contributed by atoms with Crippen LogP contribution >= 0.6 is 0 Å². The summed E-state index contributed by atoms with van der Waals surface area (Å²) in [6.45, 7) is 4.08. The first-order valence-corrected chi connectivity index (χ1v) is 11.5. The predicted octanol–water partition coefficient (Wildman–Crippen LogP) is 4.10. The van der Waals surface area contributed by atoms with Crippen molar-refractivity contribution in [1.82, 2.24) is 15.2 Å². The van der Waals surface area contributed by atoms with Crippen LogP contribution in [0.25, 0.3) is 0 Å². The minimum absolute atomic E-state index is 0.0479. The average Bonchev–Trinajstić information content (AvgIpc) is 3.42. The summed E-state index contributed by atoms with van der Waals surface area (Å²) in [5, 5.41) is 11.8. The van der Waals surface area contributed by atoms with Gasteiger partial charge >= 0.3 is 0 Å². The van der Waals surface area contributed by atoms with Gasteiger partial charge in [0.2, 0.25) is 0 Å². The number of halogens is 2. The molecular weight excluding hydrogens is 428 g/mol. The molecule has 1 aliphatic carbocycles. The van der Waals surface area contributed by atoms with Crippen LogP contribution in [0.1, 0.15) is 71.4 Å². The third kappa shape index (κ3) is 4.46. The maximum Gasteiger partial charge on any atom is 0.272 e. The van der Waals surface area contributed by atoms with Crippen LogP contribution in [0.3, 0.4) is 0 Å². The Labute approximate surface area is 193 Å². The van der Waals surface area contributed by atoms with Gasteiger partial charge in [-0.15, -0.1) is 0 Å². The molecule has 1 fully saturated rings. The maximum absolute atomic E-state index is 12.7. The molecule has 1 spiro atoms. The Morgan fingerprint density at radius 1 is 1.30 bits per heavy atom. The van der Waals surface area contributed by atoms with Gasteiger partial charge in [-0.3, -0.25) is 14.7 Å². The Morgan fingerprint density at radius 2 is 2.06 bits per heavy atom. The lowest BCUT2D eigenvalue weighted by molar-refractivity contribution is 0.0629. The second kappa shape index (κ2) is 9.73. The van der Waals surface area contributed by atoms with Gasteiger partial charge in [0, 0.05) is 36.4 Å². The van der Waals surface area contributed by atoms with Gasteiger partial charge in [-0.25, -0.2) is 8.78 Å². The third-order valence-corrected chi connectivity index (χ3v) is 6.99. The quantitative estimate of drug-likeness (QED) is 0.622. The van der Waals surface area contributed by atoms with E-state index in [9.17, 15) is 13.6 Å². The Bertz CT molecular complexity index is 1010. The van der Waals surface area contributed by atoms with Crippen molar-refractivity contribution in [3.05, 3.63) is 58.4 Å². The SMILES string of the molecule is Cc1cc(C(C)N2Cc3c(ccnc3C(=O)NCCO)C23CCCC3)ccc1OCC(F)F. The van der Waals surface area contributed by atoms with Crippen LogP contribution in [0.2, 0.25) is 0 Å². The number of aryl methyl sites for hydroxylation is 1. The number of aromatic nitrogens is 1. The molecule has 8 heteroatoms. The van der Waals surface area contributed by atoms with Crippen LogP contribution in [-0.2, 0) is 12.1 Å². The van der Waals surface area contributed by atoms with Crippen molar-refractivity contribution in [2.75, 3.05) is 19.8 Å². The molecule has 0 radical (unpaired) electrons. The highest BCUT2D eigenvalue weighted by Crippen LogP contribution is 2.53. The number of nitrogens with one attached hydrogen (secondary N) is 1. The molecule has 2 heterocycles. The van der Waals surface area contributed by atoms with Crippen LogP contribution in [0.4, 0.5) is 8.78 Å². The van der Waals surface area contributed by atoms with Crippen LogP contribution in [0.5, 0.6) is 5.75 Å². The van der Waals surface area contributed by atoms with Gasteiger partial charge in [0.15, 0.2) is 0 Å². The number of amides is 1. The number of hydrogen-bond donors (Lipinski definition) is 2. The summed E-state index contributed by atoms with van der Waals surface area (Å²) >= 11 is 0. The topological polar surface area (TPSA) is 74.7 Å². The van der Waals surface area contributed by atoms with Crippen LogP contribution < -0.4 is 10.1 Å². The Hall–Kier alpha value is -2.58. The first-order valence-electron chi connectivity index (χ1n) is 11.5. The summed E-state index contributed by atoms with van der Waals surface area (Å²) in [6, 6.07) is 7.81. The number of ether oxygens (including phenoxy) is 1. The van der Waals surface area contributed by atoms with Crippen molar-refractivity contribution in [3.8, 4) is 5.75 Å². The largest absolute Gasteiger partial charge is 0.487 e. The molecule has 178 valence electrons. The first kappa shape index (κ1) is 23.6. The molecule has 1 unspecified atom stereocenters. The van der Waals surface area contributed by atoms with Gasteiger partial charge in [0.1, 0.15) is 18.1 Å². The number of rotatable bonds is 8. The number of alkyl halides is 2. The molecule has 0 bridgehead atoms. The Kier molecular flexibility index (Phi) is 6.95. The molecule has 1 saturated carbocycles. The number of aliphatic hydroxyl groups is 1. The highest BCUT2D eigenvalue weighted by atomic mass is 19.3. The van der Waals surface area contributed by atoms with E-state index in [-0.39, 0.29) is 30.6 Å². The van der Waals surface area contributed by atoms with E-state index in [1.807, 2.05) is 25.1 Å². The molecule has 2 N–H and O–H groups in total. The number of benzene rings is 1. The minimum Gasteiger partial charge on any atom is -0.487 e. The fourth-order valence-electron chi connectivity index (χ4n) is 5.46.